The Morgan fingerprint density at radius 1 is 1.07 bits per heavy atom. The minimum absolute atomic E-state index is 0.0239. The molecule has 10 heteroatoms. The van der Waals surface area contributed by atoms with Crippen molar-refractivity contribution in [3.63, 3.8) is 0 Å². The molecule has 0 fully saturated rings. The van der Waals surface area contributed by atoms with Crippen molar-refractivity contribution in [2.24, 2.45) is 0 Å². The zero-order valence-electron chi connectivity index (χ0n) is 16.1. The third-order valence-corrected chi connectivity index (χ3v) is 4.17. The minimum atomic E-state index is -0.792. The van der Waals surface area contributed by atoms with Crippen LogP contribution in [-0.4, -0.2) is 45.4 Å². The maximum atomic E-state index is 14.1. The Kier molecular flexibility index (Phi) is 5.83. The van der Waals surface area contributed by atoms with Gasteiger partial charge >= 0.3 is 5.69 Å². The zero-order valence-corrected chi connectivity index (χ0v) is 16.1. The van der Waals surface area contributed by atoms with E-state index >= 15 is 0 Å². The standard InChI is InChI=1S/C19H19F2N5O3/c1-24(2)9-12-10-25(11-13-14(20)5-4-6-15(13)21)19(28)26(18(12)27)16-7-8-17(29-3)23-22-16/h4-8,10H,9,11H2,1-3H3. The van der Waals surface area contributed by atoms with Crippen LogP contribution in [0.15, 0.2) is 46.1 Å². The molecule has 0 aliphatic carbocycles. The number of methoxy groups -OCH3 is 1. The van der Waals surface area contributed by atoms with Crippen LogP contribution in [0.25, 0.3) is 5.82 Å². The van der Waals surface area contributed by atoms with Crippen molar-refractivity contribution in [3.05, 3.63) is 80.1 Å². The minimum Gasteiger partial charge on any atom is -0.480 e. The van der Waals surface area contributed by atoms with Crippen molar-refractivity contribution in [3.8, 4) is 11.7 Å². The second kappa shape index (κ2) is 8.31. The van der Waals surface area contributed by atoms with Gasteiger partial charge in [-0.1, -0.05) is 6.07 Å². The topological polar surface area (TPSA) is 82.2 Å². The van der Waals surface area contributed by atoms with E-state index in [1.54, 1.807) is 19.0 Å². The Balaban J connectivity index is 2.20. The molecule has 2 heterocycles. The first-order valence-corrected chi connectivity index (χ1v) is 8.63. The average molecular weight is 403 g/mol. The largest absolute Gasteiger partial charge is 0.480 e. The smallest absolute Gasteiger partial charge is 0.337 e. The van der Waals surface area contributed by atoms with E-state index in [1.807, 2.05) is 0 Å². The van der Waals surface area contributed by atoms with Crippen LogP contribution in [0.3, 0.4) is 0 Å². The van der Waals surface area contributed by atoms with Crippen molar-refractivity contribution >= 4 is 0 Å². The number of halogens is 2. The van der Waals surface area contributed by atoms with Crippen molar-refractivity contribution in [1.82, 2.24) is 24.2 Å². The first kappa shape index (κ1) is 20.3. The van der Waals surface area contributed by atoms with Crippen molar-refractivity contribution in [2.75, 3.05) is 21.2 Å². The Bertz CT molecular complexity index is 1120. The highest BCUT2D eigenvalue weighted by atomic mass is 19.1. The summed E-state index contributed by atoms with van der Waals surface area (Å²) < 4.78 is 35.0. The highest BCUT2D eigenvalue weighted by molar-refractivity contribution is 5.26. The van der Waals surface area contributed by atoms with E-state index in [1.165, 1.54) is 31.5 Å². The van der Waals surface area contributed by atoms with Crippen LogP contribution < -0.4 is 16.0 Å². The summed E-state index contributed by atoms with van der Waals surface area (Å²) in [4.78, 5) is 27.6. The van der Waals surface area contributed by atoms with Gasteiger partial charge in [0, 0.05) is 29.9 Å². The molecule has 0 saturated heterocycles. The highest BCUT2D eigenvalue weighted by Gasteiger charge is 2.17. The first-order chi connectivity index (χ1) is 13.8. The van der Waals surface area contributed by atoms with E-state index in [-0.39, 0.29) is 35.9 Å². The summed E-state index contributed by atoms with van der Waals surface area (Å²) >= 11 is 0. The summed E-state index contributed by atoms with van der Waals surface area (Å²) in [7, 11) is 4.91. The molecule has 0 aliphatic rings. The van der Waals surface area contributed by atoms with Crippen molar-refractivity contribution in [2.45, 2.75) is 13.1 Å². The summed E-state index contributed by atoms with van der Waals surface area (Å²) in [5.74, 6) is -1.38. The number of hydrogen-bond acceptors (Lipinski definition) is 6. The molecule has 0 amide bonds. The van der Waals surface area contributed by atoms with E-state index in [4.69, 9.17) is 4.74 Å². The third kappa shape index (κ3) is 4.21. The van der Waals surface area contributed by atoms with Crippen LogP contribution in [0.5, 0.6) is 5.88 Å². The van der Waals surface area contributed by atoms with Gasteiger partial charge in [0.05, 0.1) is 13.7 Å². The van der Waals surface area contributed by atoms with Gasteiger partial charge in [0.25, 0.3) is 5.56 Å². The molecule has 8 nitrogen and oxygen atoms in total. The molecular formula is C19H19F2N5O3. The molecule has 0 bridgehead atoms. The summed E-state index contributed by atoms with van der Waals surface area (Å²) in [6, 6.07) is 6.31. The molecule has 0 spiro atoms. The lowest BCUT2D eigenvalue weighted by molar-refractivity contribution is 0.390. The van der Waals surface area contributed by atoms with Crippen molar-refractivity contribution < 1.29 is 13.5 Å². The van der Waals surface area contributed by atoms with E-state index in [0.717, 1.165) is 21.3 Å². The van der Waals surface area contributed by atoms with Crippen LogP contribution in [0, 0.1) is 11.6 Å². The van der Waals surface area contributed by atoms with Gasteiger partial charge in [-0.2, -0.15) is 0 Å². The van der Waals surface area contributed by atoms with Gasteiger partial charge in [-0.3, -0.25) is 9.36 Å². The Hall–Kier alpha value is -3.40. The molecule has 3 aromatic rings. The van der Waals surface area contributed by atoms with E-state index in [9.17, 15) is 18.4 Å². The van der Waals surface area contributed by atoms with E-state index < -0.39 is 22.9 Å². The molecule has 0 radical (unpaired) electrons. The Morgan fingerprint density at radius 3 is 2.31 bits per heavy atom. The molecule has 0 aliphatic heterocycles. The maximum Gasteiger partial charge on any atom is 0.337 e. The molecule has 1 aromatic carbocycles. The van der Waals surface area contributed by atoms with E-state index in [2.05, 4.69) is 10.2 Å². The van der Waals surface area contributed by atoms with Crippen LogP contribution in [0.2, 0.25) is 0 Å². The fourth-order valence-electron chi connectivity index (χ4n) is 2.82. The third-order valence-electron chi connectivity index (χ3n) is 4.17. The predicted octanol–water partition coefficient (Wildman–Crippen LogP) is 1.19. The van der Waals surface area contributed by atoms with Gasteiger partial charge in [-0.05, 0) is 32.3 Å². The summed E-state index contributed by atoms with van der Waals surface area (Å²) in [5.41, 5.74) is -1.41. The molecule has 29 heavy (non-hydrogen) atoms. The van der Waals surface area contributed by atoms with Gasteiger partial charge in [0.15, 0.2) is 5.82 Å². The second-order valence-corrected chi connectivity index (χ2v) is 6.58. The van der Waals surface area contributed by atoms with Gasteiger partial charge in [-0.15, -0.1) is 10.2 Å². The maximum absolute atomic E-state index is 14.1. The molecule has 3 rings (SSSR count). The fourth-order valence-corrected chi connectivity index (χ4v) is 2.82. The summed E-state index contributed by atoms with van der Waals surface area (Å²) in [6.45, 7) is -0.177. The number of aromatic nitrogens is 4. The van der Waals surface area contributed by atoms with Crippen molar-refractivity contribution in [1.29, 1.82) is 0 Å². The lowest BCUT2D eigenvalue weighted by atomic mass is 10.2. The normalized spacial score (nSPS) is 11.1. The van der Waals surface area contributed by atoms with Gasteiger partial charge in [0.1, 0.15) is 11.6 Å². The SMILES string of the molecule is COc1ccc(-n2c(=O)c(CN(C)C)cn(Cc3c(F)cccc3F)c2=O)nn1. The molecule has 0 saturated carbocycles. The second-order valence-electron chi connectivity index (χ2n) is 6.58. The molecule has 0 atom stereocenters. The van der Waals surface area contributed by atoms with Crippen LogP contribution in [0.4, 0.5) is 8.78 Å². The number of rotatable bonds is 6. The lowest BCUT2D eigenvalue weighted by Crippen LogP contribution is -2.42. The zero-order chi connectivity index (χ0) is 21.1. The van der Waals surface area contributed by atoms with Gasteiger partial charge < -0.3 is 9.64 Å². The summed E-state index contributed by atoms with van der Waals surface area (Å²) in [6.07, 6.45) is 1.31. The van der Waals surface area contributed by atoms with Crippen LogP contribution >= 0.6 is 0 Å². The Labute approximate surface area is 164 Å². The number of hydrogen-bond donors (Lipinski definition) is 0. The predicted molar refractivity (Wildman–Crippen MR) is 101 cm³/mol. The molecule has 2 aromatic heterocycles. The number of ether oxygens (including phenoxy) is 1. The quantitative estimate of drug-likeness (QED) is 0.615. The molecule has 152 valence electrons. The summed E-state index contributed by atoms with van der Waals surface area (Å²) in [5, 5.41) is 7.64. The molecular weight excluding hydrogens is 384 g/mol. The fraction of sp³-hybridized carbons (Fsp3) is 0.263. The highest BCUT2D eigenvalue weighted by Crippen LogP contribution is 2.13. The van der Waals surface area contributed by atoms with E-state index in [0.29, 0.717) is 0 Å². The van der Waals surface area contributed by atoms with Gasteiger partial charge in [0.2, 0.25) is 5.88 Å². The molecule has 0 N–H and O–H groups in total. The molecule has 0 unspecified atom stereocenters. The first-order valence-electron chi connectivity index (χ1n) is 8.63. The van der Waals surface area contributed by atoms with Crippen LogP contribution in [-0.2, 0) is 13.1 Å². The number of nitrogens with zero attached hydrogens (tertiary/aromatic N) is 5. The average Bonchev–Trinajstić information content (AvgIpc) is 2.68. The lowest BCUT2D eigenvalue weighted by Gasteiger charge is -2.15. The monoisotopic (exact) mass is 403 g/mol. The van der Waals surface area contributed by atoms with Crippen LogP contribution in [0.1, 0.15) is 11.1 Å². The van der Waals surface area contributed by atoms with Gasteiger partial charge in [-0.25, -0.2) is 18.1 Å². The Morgan fingerprint density at radius 2 is 1.76 bits per heavy atom. The number of benzene rings is 1.